The summed E-state index contributed by atoms with van der Waals surface area (Å²) >= 11 is 0. The van der Waals surface area contributed by atoms with Crippen LogP contribution in [0.1, 0.15) is 20.8 Å². The summed E-state index contributed by atoms with van der Waals surface area (Å²) in [6, 6.07) is 0. The van der Waals surface area contributed by atoms with E-state index in [1.165, 1.54) is 4.90 Å². The average molecular weight is 245 g/mol. The normalized spacial score (nSPS) is 10.8. The predicted molar refractivity (Wildman–Crippen MR) is 61.2 cm³/mol. The van der Waals surface area contributed by atoms with Gasteiger partial charge in [-0.1, -0.05) is 0 Å². The van der Waals surface area contributed by atoms with E-state index in [-0.39, 0.29) is 13.1 Å². The summed E-state index contributed by atoms with van der Waals surface area (Å²) in [4.78, 5) is 34.5. The lowest BCUT2D eigenvalue weighted by Crippen LogP contribution is -2.52. The second-order valence-corrected chi connectivity index (χ2v) is 4.53. The molecule has 0 aromatic heterocycles. The molecule has 0 fully saturated rings. The van der Waals surface area contributed by atoms with Crippen molar-refractivity contribution in [3.05, 3.63) is 0 Å². The molecule has 0 aliphatic rings. The molecule has 17 heavy (non-hydrogen) atoms. The molecule has 0 saturated carbocycles. The fraction of sp³-hybridized carbons (Fsp3) is 0.700. The van der Waals surface area contributed by atoms with Gasteiger partial charge in [0, 0.05) is 5.54 Å². The van der Waals surface area contributed by atoms with E-state index >= 15 is 0 Å². The van der Waals surface area contributed by atoms with Crippen molar-refractivity contribution in [2.75, 3.05) is 19.6 Å². The van der Waals surface area contributed by atoms with Crippen molar-refractivity contribution in [2.45, 2.75) is 26.3 Å². The van der Waals surface area contributed by atoms with Gasteiger partial charge in [0.05, 0.1) is 13.1 Å². The third kappa shape index (κ3) is 5.86. The summed E-state index contributed by atoms with van der Waals surface area (Å²) < 4.78 is 0. The minimum Gasteiger partial charge on any atom is -0.480 e. The predicted octanol–water partition coefficient (Wildman–Crippen LogP) is -1.23. The smallest absolute Gasteiger partial charge is 0.323 e. The zero-order valence-corrected chi connectivity index (χ0v) is 10.3. The standard InChI is InChI=1S/C10H19N3O4/c1-10(2,3)13(6-9(16)17)8(15)5-12-7(14)4-11/h4-6,11H2,1-3H3,(H,12,14)(H,16,17). The Bertz CT molecular complexity index is 309. The molecule has 0 saturated heterocycles. The molecule has 0 aromatic carbocycles. The zero-order chi connectivity index (χ0) is 13.6. The van der Waals surface area contributed by atoms with Gasteiger partial charge in [-0.15, -0.1) is 0 Å². The summed E-state index contributed by atoms with van der Waals surface area (Å²) in [5.41, 5.74) is 4.45. The maximum Gasteiger partial charge on any atom is 0.323 e. The number of rotatable bonds is 5. The van der Waals surface area contributed by atoms with Crippen molar-refractivity contribution >= 4 is 17.8 Å². The fourth-order valence-corrected chi connectivity index (χ4v) is 1.18. The number of carboxylic acids is 1. The molecule has 0 atom stereocenters. The number of aliphatic carboxylic acids is 1. The molecular weight excluding hydrogens is 226 g/mol. The second-order valence-electron chi connectivity index (χ2n) is 4.53. The first kappa shape index (κ1) is 15.4. The number of nitrogens with one attached hydrogen (secondary N) is 1. The van der Waals surface area contributed by atoms with E-state index in [2.05, 4.69) is 5.32 Å². The lowest BCUT2D eigenvalue weighted by atomic mass is 10.1. The van der Waals surface area contributed by atoms with Crippen LogP contribution in [-0.4, -0.2) is 53.0 Å². The van der Waals surface area contributed by atoms with E-state index in [0.717, 1.165) is 0 Å². The van der Waals surface area contributed by atoms with Crippen LogP contribution >= 0.6 is 0 Å². The summed E-state index contributed by atoms with van der Waals surface area (Å²) in [5, 5.41) is 11.0. The van der Waals surface area contributed by atoms with Gasteiger partial charge in [-0.2, -0.15) is 0 Å². The molecule has 0 aliphatic heterocycles. The Hall–Kier alpha value is -1.63. The van der Waals surface area contributed by atoms with Crippen LogP contribution in [0.2, 0.25) is 0 Å². The summed E-state index contributed by atoms with van der Waals surface area (Å²) in [5.74, 6) is -2.01. The van der Waals surface area contributed by atoms with E-state index in [1.807, 2.05) is 0 Å². The number of hydrogen-bond donors (Lipinski definition) is 3. The minimum atomic E-state index is -1.10. The van der Waals surface area contributed by atoms with Crippen LogP contribution in [0.4, 0.5) is 0 Å². The maximum atomic E-state index is 11.8. The Labute approximate surface area is 100.0 Å². The first-order valence-corrected chi connectivity index (χ1v) is 5.17. The van der Waals surface area contributed by atoms with Crippen LogP contribution in [0.15, 0.2) is 0 Å². The third-order valence-corrected chi connectivity index (χ3v) is 2.03. The SMILES string of the molecule is CC(C)(C)N(CC(=O)O)C(=O)CNC(=O)CN. The maximum absolute atomic E-state index is 11.8. The second kappa shape index (κ2) is 6.19. The third-order valence-electron chi connectivity index (χ3n) is 2.03. The molecule has 0 aliphatic carbocycles. The molecule has 0 heterocycles. The molecule has 0 bridgehead atoms. The number of carbonyl (C=O) groups excluding carboxylic acids is 2. The van der Waals surface area contributed by atoms with E-state index < -0.39 is 29.9 Å². The van der Waals surface area contributed by atoms with Crippen molar-refractivity contribution in [1.82, 2.24) is 10.2 Å². The van der Waals surface area contributed by atoms with Gasteiger partial charge in [-0.05, 0) is 20.8 Å². The van der Waals surface area contributed by atoms with Crippen molar-refractivity contribution in [3.63, 3.8) is 0 Å². The minimum absolute atomic E-state index is 0.207. The fourth-order valence-electron chi connectivity index (χ4n) is 1.18. The highest BCUT2D eigenvalue weighted by atomic mass is 16.4. The number of amides is 2. The van der Waals surface area contributed by atoms with Gasteiger partial charge in [0.1, 0.15) is 6.54 Å². The Balaban J connectivity index is 4.54. The van der Waals surface area contributed by atoms with E-state index in [9.17, 15) is 14.4 Å². The highest BCUT2D eigenvalue weighted by molar-refractivity contribution is 5.87. The van der Waals surface area contributed by atoms with Crippen molar-refractivity contribution in [2.24, 2.45) is 5.73 Å². The Kier molecular flexibility index (Phi) is 5.60. The van der Waals surface area contributed by atoms with E-state index in [1.54, 1.807) is 20.8 Å². The molecule has 0 aromatic rings. The highest BCUT2D eigenvalue weighted by Gasteiger charge is 2.28. The monoisotopic (exact) mass is 245 g/mol. The van der Waals surface area contributed by atoms with E-state index in [0.29, 0.717) is 0 Å². The first-order chi connectivity index (χ1) is 7.68. The highest BCUT2D eigenvalue weighted by Crippen LogP contribution is 2.12. The van der Waals surface area contributed by atoms with Crippen molar-refractivity contribution < 1.29 is 19.5 Å². The molecule has 7 heteroatoms. The van der Waals surface area contributed by atoms with Crippen LogP contribution < -0.4 is 11.1 Å². The van der Waals surface area contributed by atoms with Gasteiger partial charge in [-0.3, -0.25) is 14.4 Å². The van der Waals surface area contributed by atoms with Crippen molar-refractivity contribution in [1.29, 1.82) is 0 Å². The Morgan fingerprint density at radius 3 is 2.18 bits per heavy atom. The van der Waals surface area contributed by atoms with Crippen LogP contribution in [-0.2, 0) is 14.4 Å². The molecule has 98 valence electrons. The molecule has 7 nitrogen and oxygen atoms in total. The number of hydrogen-bond acceptors (Lipinski definition) is 4. The quantitative estimate of drug-likeness (QED) is 0.561. The topological polar surface area (TPSA) is 113 Å². The number of carboxylic acid groups (broad SMARTS) is 1. The number of carbonyl (C=O) groups is 3. The molecule has 0 radical (unpaired) electrons. The van der Waals surface area contributed by atoms with Gasteiger partial charge < -0.3 is 21.1 Å². The lowest BCUT2D eigenvalue weighted by Gasteiger charge is -2.34. The summed E-state index contributed by atoms with van der Waals surface area (Å²) in [6.45, 7) is 4.30. The molecule has 2 amide bonds. The van der Waals surface area contributed by atoms with Crippen LogP contribution in [0.3, 0.4) is 0 Å². The summed E-state index contributed by atoms with van der Waals surface area (Å²) in [7, 11) is 0. The van der Waals surface area contributed by atoms with Crippen LogP contribution in [0.25, 0.3) is 0 Å². The largest absolute Gasteiger partial charge is 0.480 e. The van der Waals surface area contributed by atoms with Crippen molar-refractivity contribution in [3.8, 4) is 0 Å². The van der Waals surface area contributed by atoms with Gasteiger partial charge in [0.15, 0.2) is 0 Å². The molecule has 0 unspecified atom stereocenters. The first-order valence-electron chi connectivity index (χ1n) is 5.17. The molecule has 0 spiro atoms. The van der Waals surface area contributed by atoms with Gasteiger partial charge in [0.25, 0.3) is 0 Å². The number of nitrogens with zero attached hydrogens (tertiary/aromatic N) is 1. The zero-order valence-electron chi connectivity index (χ0n) is 10.3. The molecule has 0 rings (SSSR count). The van der Waals surface area contributed by atoms with Gasteiger partial charge in [0.2, 0.25) is 11.8 Å². The van der Waals surface area contributed by atoms with Crippen LogP contribution in [0.5, 0.6) is 0 Å². The van der Waals surface area contributed by atoms with Crippen LogP contribution in [0, 0.1) is 0 Å². The Morgan fingerprint density at radius 2 is 1.82 bits per heavy atom. The Morgan fingerprint density at radius 1 is 1.29 bits per heavy atom. The summed E-state index contributed by atoms with van der Waals surface area (Å²) in [6.07, 6.45) is 0. The molecule has 4 N–H and O–H groups in total. The van der Waals surface area contributed by atoms with Gasteiger partial charge in [-0.25, -0.2) is 0 Å². The van der Waals surface area contributed by atoms with E-state index in [4.69, 9.17) is 10.8 Å². The lowest BCUT2D eigenvalue weighted by molar-refractivity contribution is -0.148. The molecular formula is C10H19N3O4. The van der Waals surface area contributed by atoms with Gasteiger partial charge >= 0.3 is 5.97 Å². The average Bonchev–Trinajstić information content (AvgIpc) is 2.20. The number of nitrogens with two attached hydrogens (primary N) is 1.